The van der Waals surface area contributed by atoms with Gasteiger partial charge in [0.05, 0.1) is 11.0 Å². The van der Waals surface area contributed by atoms with E-state index >= 15 is 0 Å². The summed E-state index contributed by atoms with van der Waals surface area (Å²) in [6.45, 7) is 0.687. The van der Waals surface area contributed by atoms with Crippen LogP contribution in [0.2, 0.25) is 0 Å². The van der Waals surface area contributed by atoms with Crippen LogP contribution in [0.25, 0.3) is 0 Å². The number of rotatable bonds is 3. The zero-order chi connectivity index (χ0) is 14.7. The number of nitro groups is 1. The third-order valence-corrected chi connectivity index (χ3v) is 4.01. The van der Waals surface area contributed by atoms with Gasteiger partial charge < -0.3 is 4.74 Å². The molecule has 0 bridgehead atoms. The standard InChI is InChI=1S/C17H17NO3/c19-18(20)16-8-4-7-15(11-16)17-12-14(9-10-21-17)13-5-2-1-3-6-13/h1-8,11,14,17H,9-10,12H2/t14-,17+/m0/s1. The van der Waals surface area contributed by atoms with Crippen molar-refractivity contribution in [3.8, 4) is 0 Å². The molecule has 0 saturated carbocycles. The summed E-state index contributed by atoms with van der Waals surface area (Å²) < 4.78 is 5.83. The fraction of sp³-hybridized carbons (Fsp3) is 0.294. The molecule has 0 aliphatic carbocycles. The lowest BCUT2D eigenvalue weighted by Gasteiger charge is -2.30. The molecule has 1 saturated heterocycles. The first-order chi connectivity index (χ1) is 10.2. The molecule has 4 heteroatoms. The van der Waals surface area contributed by atoms with Gasteiger partial charge in [-0.25, -0.2) is 0 Å². The molecule has 2 aromatic rings. The second-order valence-corrected chi connectivity index (χ2v) is 5.34. The number of nitro benzene ring substituents is 1. The highest BCUT2D eigenvalue weighted by Gasteiger charge is 2.25. The van der Waals surface area contributed by atoms with Crippen LogP contribution in [0.5, 0.6) is 0 Å². The topological polar surface area (TPSA) is 52.4 Å². The minimum absolute atomic E-state index is 0.0659. The molecule has 2 atom stereocenters. The maximum atomic E-state index is 10.9. The lowest BCUT2D eigenvalue weighted by Crippen LogP contribution is -2.18. The van der Waals surface area contributed by atoms with Crippen molar-refractivity contribution in [2.24, 2.45) is 0 Å². The van der Waals surface area contributed by atoms with Crippen LogP contribution in [0.4, 0.5) is 5.69 Å². The fourth-order valence-electron chi connectivity index (χ4n) is 2.90. The first-order valence-corrected chi connectivity index (χ1v) is 7.15. The van der Waals surface area contributed by atoms with E-state index < -0.39 is 0 Å². The summed E-state index contributed by atoms with van der Waals surface area (Å²) in [5.41, 5.74) is 2.33. The van der Waals surface area contributed by atoms with Crippen molar-refractivity contribution in [2.45, 2.75) is 24.9 Å². The first kappa shape index (κ1) is 13.8. The van der Waals surface area contributed by atoms with Gasteiger partial charge in [0.25, 0.3) is 5.69 Å². The summed E-state index contributed by atoms with van der Waals surface area (Å²) in [6, 6.07) is 17.2. The molecule has 0 amide bonds. The summed E-state index contributed by atoms with van der Waals surface area (Å²) in [7, 11) is 0. The highest BCUT2D eigenvalue weighted by Crippen LogP contribution is 2.37. The van der Waals surface area contributed by atoms with Gasteiger partial charge in [-0.1, -0.05) is 42.5 Å². The van der Waals surface area contributed by atoms with Crippen LogP contribution in [-0.4, -0.2) is 11.5 Å². The quantitative estimate of drug-likeness (QED) is 0.625. The molecule has 0 N–H and O–H groups in total. The molecule has 108 valence electrons. The molecular weight excluding hydrogens is 266 g/mol. The van der Waals surface area contributed by atoms with Crippen LogP contribution in [0.1, 0.15) is 36.0 Å². The number of hydrogen-bond donors (Lipinski definition) is 0. The van der Waals surface area contributed by atoms with Crippen LogP contribution in [-0.2, 0) is 4.74 Å². The van der Waals surface area contributed by atoms with Crippen molar-refractivity contribution in [1.82, 2.24) is 0 Å². The summed E-state index contributed by atoms with van der Waals surface area (Å²) in [5, 5.41) is 10.9. The van der Waals surface area contributed by atoms with Gasteiger partial charge in [-0.2, -0.15) is 0 Å². The Kier molecular flexibility index (Phi) is 3.97. The van der Waals surface area contributed by atoms with E-state index in [1.54, 1.807) is 12.1 Å². The van der Waals surface area contributed by atoms with Gasteiger partial charge in [-0.15, -0.1) is 0 Å². The average molecular weight is 283 g/mol. The molecule has 0 unspecified atom stereocenters. The molecule has 4 nitrogen and oxygen atoms in total. The molecule has 1 aliphatic heterocycles. The largest absolute Gasteiger partial charge is 0.373 e. The third-order valence-electron chi connectivity index (χ3n) is 4.01. The van der Waals surface area contributed by atoms with Crippen molar-refractivity contribution in [1.29, 1.82) is 0 Å². The average Bonchev–Trinajstić information content (AvgIpc) is 2.56. The number of nitrogens with zero attached hydrogens (tertiary/aromatic N) is 1. The number of benzene rings is 2. The lowest BCUT2D eigenvalue weighted by atomic mass is 9.86. The Balaban J connectivity index is 1.80. The zero-order valence-electron chi connectivity index (χ0n) is 11.6. The van der Waals surface area contributed by atoms with Crippen molar-refractivity contribution in [2.75, 3.05) is 6.61 Å². The second kappa shape index (κ2) is 6.06. The lowest BCUT2D eigenvalue weighted by molar-refractivity contribution is -0.385. The van der Waals surface area contributed by atoms with Crippen molar-refractivity contribution in [3.05, 3.63) is 75.8 Å². The van der Waals surface area contributed by atoms with E-state index in [2.05, 4.69) is 12.1 Å². The molecule has 1 heterocycles. The summed E-state index contributed by atoms with van der Waals surface area (Å²) in [6.07, 6.45) is 1.80. The molecule has 21 heavy (non-hydrogen) atoms. The second-order valence-electron chi connectivity index (χ2n) is 5.34. The summed E-state index contributed by atoms with van der Waals surface area (Å²) in [5.74, 6) is 0.448. The Labute approximate surface area is 123 Å². The van der Waals surface area contributed by atoms with E-state index in [4.69, 9.17) is 4.74 Å². The van der Waals surface area contributed by atoms with E-state index in [0.717, 1.165) is 18.4 Å². The monoisotopic (exact) mass is 283 g/mol. The Bertz CT molecular complexity index is 627. The predicted molar refractivity (Wildman–Crippen MR) is 80.2 cm³/mol. The SMILES string of the molecule is O=[N+]([O-])c1cccc([C@H]2C[C@@H](c3ccccc3)CCO2)c1. The van der Waals surface area contributed by atoms with Crippen molar-refractivity contribution < 1.29 is 9.66 Å². The Hall–Kier alpha value is -2.20. The number of non-ortho nitro benzene ring substituents is 1. The van der Waals surface area contributed by atoms with Crippen LogP contribution in [0.15, 0.2) is 54.6 Å². The molecule has 1 aliphatic rings. The highest BCUT2D eigenvalue weighted by molar-refractivity contribution is 5.36. The van der Waals surface area contributed by atoms with E-state index in [9.17, 15) is 10.1 Å². The van der Waals surface area contributed by atoms with Gasteiger partial charge in [0.15, 0.2) is 0 Å². The molecule has 0 spiro atoms. The summed E-state index contributed by atoms with van der Waals surface area (Å²) >= 11 is 0. The van der Waals surface area contributed by atoms with Crippen molar-refractivity contribution >= 4 is 5.69 Å². The minimum atomic E-state index is -0.360. The minimum Gasteiger partial charge on any atom is -0.373 e. The molecule has 1 fully saturated rings. The Morgan fingerprint density at radius 2 is 1.81 bits per heavy atom. The van der Waals surface area contributed by atoms with Gasteiger partial charge in [-0.3, -0.25) is 10.1 Å². The van der Waals surface area contributed by atoms with Gasteiger partial charge >= 0.3 is 0 Å². The smallest absolute Gasteiger partial charge is 0.269 e. The van der Waals surface area contributed by atoms with E-state index in [-0.39, 0.29) is 16.7 Å². The maximum absolute atomic E-state index is 10.9. The van der Waals surface area contributed by atoms with Gasteiger partial charge in [0, 0.05) is 18.7 Å². The third kappa shape index (κ3) is 3.11. The number of hydrogen-bond acceptors (Lipinski definition) is 3. The molecule has 2 aromatic carbocycles. The van der Waals surface area contributed by atoms with Crippen LogP contribution < -0.4 is 0 Å². The van der Waals surface area contributed by atoms with Crippen LogP contribution >= 0.6 is 0 Å². The highest BCUT2D eigenvalue weighted by atomic mass is 16.6. The number of ether oxygens (including phenoxy) is 1. The van der Waals surface area contributed by atoms with Crippen LogP contribution in [0, 0.1) is 10.1 Å². The van der Waals surface area contributed by atoms with Crippen LogP contribution in [0.3, 0.4) is 0 Å². The van der Waals surface area contributed by atoms with Gasteiger partial charge in [0.2, 0.25) is 0 Å². The van der Waals surface area contributed by atoms with E-state index in [1.807, 2.05) is 24.3 Å². The Morgan fingerprint density at radius 1 is 1.05 bits per heavy atom. The van der Waals surface area contributed by atoms with Gasteiger partial charge in [-0.05, 0) is 29.9 Å². The Morgan fingerprint density at radius 3 is 2.57 bits per heavy atom. The van der Waals surface area contributed by atoms with E-state index in [0.29, 0.717) is 12.5 Å². The molecule has 0 aromatic heterocycles. The maximum Gasteiger partial charge on any atom is 0.269 e. The van der Waals surface area contributed by atoms with Gasteiger partial charge in [0.1, 0.15) is 0 Å². The molecule has 0 radical (unpaired) electrons. The summed E-state index contributed by atoms with van der Waals surface area (Å²) in [4.78, 5) is 10.5. The fourth-order valence-corrected chi connectivity index (χ4v) is 2.90. The predicted octanol–water partition coefficient (Wildman–Crippen LogP) is 4.23. The normalized spacial score (nSPS) is 21.9. The first-order valence-electron chi connectivity index (χ1n) is 7.15. The zero-order valence-corrected chi connectivity index (χ0v) is 11.6. The van der Waals surface area contributed by atoms with E-state index in [1.165, 1.54) is 11.6 Å². The van der Waals surface area contributed by atoms with Crippen molar-refractivity contribution in [3.63, 3.8) is 0 Å². The molecular formula is C17H17NO3. The molecule has 3 rings (SSSR count).